The highest BCUT2D eigenvalue weighted by Crippen LogP contribution is 2.38. The molecule has 0 unspecified atom stereocenters. The number of hydrogen-bond donors (Lipinski definition) is 1. The van der Waals surface area contributed by atoms with Crippen LogP contribution in [-0.2, 0) is 21.4 Å². The quantitative estimate of drug-likeness (QED) is 0.505. The van der Waals surface area contributed by atoms with Crippen LogP contribution in [0, 0.1) is 0 Å². The molecule has 30 heavy (non-hydrogen) atoms. The number of benzene rings is 1. The van der Waals surface area contributed by atoms with Crippen molar-refractivity contribution in [2.75, 3.05) is 26.2 Å². The molecule has 0 aliphatic carbocycles. The lowest BCUT2D eigenvalue weighted by atomic mass is 10.2. The lowest BCUT2D eigenvalue weighted by Crippen LogP contribution is -2.50. The van der Waals surface area contributed by atoms with Crippen molar-refractivity contribution in [3.05, 3.63) is 47.5 Å². The van der Waals surface area contributed by atoms with Crippen LogP contribution >= 0.6 is 11.3 Å². The van der Waals surface area contributed by atoms with E-state index in [4.69, 9.17) is 0 Å². The summed E-state index contributed by atoms with van der Waals surface area (Å²) in [6, 6.07) is 10.6. The lowest BCUT2D eigenvalue weighted by molar-refractivity contribution is 0.0692. The third-order valence-corrected chi connectivity index (χ3v) is 8.35. The number of hydrogen-bond acceptors (Lipinski definition) is 7. The lowest BCUT2D eigenvalue weighted by Gasteiger charge is -2.33. The maximum Gasteiger partial charge on any atom is 0.274 e. The summed E-state index contributed by atoms with van der Waals surface area (Å²) in [6.45, 7) is 1.02. The van der Waals surface area contributed by atoms with Gasteiger partial charge in [0.2, 0.25) is 10.0 Å². The van der Waals surface area contributed by atoms with Gasteiger partial charge in [0.25, 0.3) is 5.91 Å². The number of amides is 1. The predicted molar refractivity (Wildman–Crippen MR) is 115 cm³/mol. The largest absolute Gasteiger partial charge is 0.335 e. The fraction of sp³-hybridized carbons (Fsp3) is 0.222. The molecule has 1 saturated heterocycles. The van der Waals surface area contributed by atoms with Crippen LogP contribution in [-0.4, -0.2) is 59.9 Å². The van der Waals surface area contributed by atoms with Crippen molar-refractivity contribution in [2.24, 2.45) is 8.73 Å². The van der Waals surface area contributed by atoms with E-state index < -0.39 is 10.0 Å². The molecular weight excluding hydrogens is 444 g/mol. The number of aromatic amines is 1. The molecule has 5 rings (SSSR count). The molecule has 1 fully saturated rings. The first-order valence-electron chi connectivity index (χ1n) is 9.14. The molecule has 0 atom stereocenters. The van der Waals surface area contributed by atoms with Crippen molar-refractivity contribution in [3.63, 3.8) is 0 Å². The van der Waals surface area contributed by atoms with Crippen LogP contribution in [0.2, 0.25) is 0 Å². The molecule has 4 heterocycles. The van der Waals surface area contributed by atoms with E-state index in [1.54, 1.807) is 40.5 Å². The molecule has 0 radical (unpaired) electrons. The Balaban J connectivity index is 1.29. The number of nitrogens with zero attached hydrogens (tertiary/aromatic N) is 5. The van der Waals surface area contributed by atoms with Gasteiger partial charge in [0.05, 0.1) is 21.9 Å². The molecule has 2 aliphatic heterocycles. The van der Waals surface area contributed by atoms with Gasteiger partial charge >= 0.3 is 0 Å². The van der Waals surface area contributed by atoms with E-state index in [1.165, 1.54) is 4.31 Å². The minimum Gasteiger partial charge on any atom is -0.335 e. The van der Waals surface area contributed by atoms with Gasteiger partial charge in [-0.15, -0.1) is 11.3 Å². The highest BCUT2D eigenvalue weighted by molar-refractivity contribution is 7.89. The van der Waals surface area contributed by atoms with E-state index in [1.807, 2.05) is 17.5 Å². The highest BCUT2D eigenvalue weighted by atomic mass is 32.2. The number of H-pyrrole nitrogens is 1. The van der Waals surface area contributed by atoms with Crippen molar-refractivity contribution in [3.8, 4) is 10.6 Å². The Bertz CT molecular complexity index is 1280. The van der Waals surface area contributed by atoms with Gasteiger partial charge in [0, 0.05) is 26.2 Å². The van der Waals surface area contributed by atoms with E-state index in [0.717, 1.165) is 21.9 Å². The molecule has 2 aliphatic rings. The Morgan fingerprint density at radius 3 is 2.67 bits per heavy atom. The molecule has 154 valence electrons. The van der Waals surface area contributed by atoms with Gasteiger partial charge < -0.3 is 4.90 Å². The Morgan fingerprint density at radius 2 is 1.90 bits per heavy atom. The maximum atomic E-state index is 13.1. The minimum absolute atomic E-state index is 0.154. The second-order valence-corrected chi connectivity index (χ2v) is 10.1. The molecule has 9 nitrogen and oxygen atoms in total. The number of thiophene rings is 1. The van der Waals surface area contributed by atoms with Gasteiger partial charge in [-0.25, -0.2) is 8.42 Å². The summed E-state index contributed by atoms with van der Waals surface area (Å²) >= 11 is 2.55. The van der Waals surface area contributed by atoms with E-state index in [2.05, 4.69) is 18.9 Å². The molecule has 0 saturated carbocycles. The number of fused-ring (bicyclic) bond motifs is 1. The first-order chi connectivity index (χ1) is 14.5. The smallest absolute Gasteiger partial charge is 0.274 e. The molecule has 0 spiro atoms. The molecular formula is C18H16N6O3S3. The van der Waals surface area contributed by atoms with Crippen LogP contribution in [0.25, 0.3) is 10.6 Å². The van der Waals surface area contributed by atoms with Crippen LogP contribution in [0.15, 0.2) is 55.4 Å². The Kier molecular flexibility index (Phi) is 4.85. The highest BCUT2D eigenvalue weighted by Gasteiger charge is 2.33. The van der Waals surface area contributed by atoms with Crippen LogP contribution in [0.1, 0.15) is 10.5 Å². The number of aromatic nitrogens is 2. The summed E-state index contributed by atoms with van der Waals surface area (Å²) in [5.74, 6) is -0.211. The Morgan fingerprint density at radius 1 is 1.07 bits per heavy atom. The predicted octanol–water partition coefficient (Wildman–Crippen LogP) is 3.01. The zero-order chi connectivity index (χ0) is 20.7. The first-order valence-corrected chi connectivity index (χ1v) is 12.2. The molecule has 1 N–H and O–H groups in total. The Hall–Kier alpha value is -2.67. The number of nitrogens with one attached hydrogen (secondary N) is 1. The zero-order valence-electron chi connectivity index (χ0n) is 15.6. The molecule has 0 bridgehead atoms. The van der Waals surface area contributed by atoms with E-state index >= 15 is 0 Å². The average Bonchev–Trinajstić information content (AvgIpc) is 3.53. The zero-order valence-corrected chi connectivity index (χ0v) is 18.0. The van der Waals surface area contributed by atoms with Crippen LogP contribution in [0.5, 0.6) is 0 Å². The van der Waals surface area contributed by atoms with Gasteiger partial charge in [-0.1, -0.05) is 12.1 Å². The Labute approximate surface area is 180 Å². The molecule has 1 aromatic carbocycles. The van der Waals surface area contributed by atoms with Crippen LogP contribution < -0.4 is 0 Å². The van der Waals surface area contributed by atoms with Crippen molar-refractivity contribution in [1.29, 1.82) is 0 Å². The number of rotatable bonds is 4. The summed E-state index contributed by atoms with van der Waals surface area (Å²) in [5, 5.41) is 8.99. The minimum atomic E-state index is -3.72. The van der Waals surface area contributed by atoms with Crippen molar-refractivity contribution in [1.82, 2.24) is 19.4 Å². The van der Waals surface area contributed by atoms with E-state index in [-0.39, 0.29) is 23.9 Å². The fourth-order valence-electron chi connectivity index (χ4n) is 3.41. The van der Waals surface area contributed by atoms with Crippen molar-refractivity contribution >= 4 is 50.0 Å². The SMILES string of the molecule is O=C(c1cc(-c2cccs2)[nH]n1)N1CCN(S(=O)(=O)c2cccc3c2N=S=N3)CC1. The molecule has 12 heteroatoms. The van der Waals surface area contributed by atoms with Crippen molar-refractivity contribution < 1.29 is 13.2 Å². The molecule has 3 aromatic rings. The number of carbonyl (C=O) groups excluding carboxylic acids is 1. The summed E-state index contributed by atoms with van der Waals surface area (Å²) in [5.41, 5.74) is 2.07. The van der Waals surface area contributed by atoms with Crippen molar-refractivity contribution in [2.45, 2.75) is 4.90 Å². The van der Waals surface area contributed by atoms with Gasteiger partial charge in [-0.05, 0) is 29.6 Å². The number of carbonyl (C=O) groups is 1. The van der Waals surface area contributed by atoms with Crippen LogP contribution in [0.3, 0.4) is 0 Å². The van der Waals surface area contributed by atoms with E-state index in [9.17, 15) is 13.2 Å². The monoisotopic (exact) mass is 460 g/mol. The number of piperazine rings is 1. The topological polar surface area (TPSA) is 111 Å². The molecule has 1 amide bonds. The summed E-state index contributed by atoms with van der Waals surface area (Å²) in [7, 11) is -3.72. The van der Waals surface area contributed by atoms with Crippen LogP contribution in [0.4, 0.5) is 11.4 Å². The van der Waals surface area contributed by atoms with Gasteiger partial charge in [-0.3, -0.25) is 9.89 Å². The summed E-state index contributed by atoms with van der Waals surface area (Å²) in [6.07, 6.45) is 0. The summed E-state index contributed by atoms with van der Waals surface area (Å²) in [4.78, 5) is 15.6. The second kappa shape index (κ2) is 7.54. The normalized spacial score (nSPS) is 16.5. The third-order valence-electron chi connectivity index (χ3n) is 4.98. The second-order valence-electron chi connectivity index (χ2n) is 6.73. The third kappa shape index (κ3) is 3.31. The molecule has 2 aromatic heterocycles. The first kappa shape index (κ1) is 19.3. The van der Waals surface area contributed by atoms with E-state index in [0.29, 0.717) is 30.2 Å². The van der Waals surface area contributed by atoms with Gasteiger partial charge in [0.15, 0.2) is 5.69 Å². The van der Waals surface area contributed by atoms with Gasteiger partial charge in [0.1, 0.15) is 16.3 Å². The summed E-state index contributed by atoms with van der Waals surface area (Å²) < 4.78 is 35.9. The standard InChI is InChI=1S/C18H16N6O3S3/c25-18(14-11-13(19-20-14)15-4-2-10-28-15)23-6-8-24(9-7-23)30(26,27)16-5-1-3-12-17(16)22-29-21-12/h1-5,10-11H,6-9H2,(H,19,20). The fourth-order valence-corrected chi connectivity index (χ4v) is 6.28. The maximum absolute atomic E-state index is 13.1. The number of sulfonamides is 1. The average molecular weight is 461 g/mol. The van der Waals surface area contributed by atoms with Gasteiger partial charge in [-0.2, -0.15) is 18.1 Å².